The molecule has 4 nitrogen and oxygen atoms in total. The molecular formula is C13H18ClNO3S. The zero-order chi connectivity index (χ0) is 14.3. The Morgan fingerprint density at radius 2 is 1.95 bits per heavy atom. The number of hydrogen-bond acceptors (Lipinski definition) is 3. The van der Waals surface area contributed by atoms with Crippen LogP contribution in [-0.4, -0.2) is 40.0 Å². The maximum absolute atomic E-state index is 11.9. The standard InChI is InChI=1S/C13H18ClNO3S/c1-15(9-3-10-18-2)19(16,17)11-8-12-4-6-13(14)7-5-12/h4-8,11H,3,9-10H2,1-2H3/b11-8+. The molecule has 0 fully saturated rings. The van der Waals surface area contributed by atoms with Gasteiger partial charge in [-0.25, -0.2) is 12.7 Å². The first-order chi connectivity index (χ1) is 8.95. The van der Waals surface area contributed by atoms with Crippen LogP contribution in [0.1, 0.15) is 12.0 Å². The van der Waals surface area contributed by atoms with Gasteiger partial charge in [0.1, 0.15) is 0 Å². The van der Waals surface area contributed by atoms with Crippen molar-refractivity contribution in [2.75, 3.05) is 27.3 Å². The summed E-state index contributed by atoms with van der Waals surface area (Å²) in [4.78, 5) is 0. The lowest BCUT2D eigenvalue weighted by molar-refractivity contribution is 0.189. The Labute approximate surface area is 119 Å². The lowest BCUT2D eigenvalue weighted by Crippen LogP contribution is -2.26. The van der Waals surface area contributed by atoms with Gasteiger partial charge < -0.3 is 4.74 Å². The van der Waals surface area contributed by atoms with Crippen molar-refractivity contribution in [1.29, 1.82) is 0 Å². The fourth-order valence-electron chi connectivity index (χ4n) is 1.40. The van der Waals surface area contributed by atoms with Crippen LogP contribution in [-0.2, 0) is 14.8 Å². The van der Waals surface area contributed by atoms with Crippen molar-refractivity contribution in [2.24, 2.45) is 0 Å². The van der Waals surface area contributed by atoms with Crippen LogP contribution >= 0.6 is 11.6 Å². The molecular weight excluding hydrogens is 286 g/mol. The summed E-state index contributed by atoms with van der Waals surface area (Å²) in [5.41, 5.74) is 0.790. The fourth-order valence-corrected chi connectivity index (χ4v) is 2.45. The fraction of sp³-hybridized carbons (Fsp3) is 0.385. The second-order valence-electron chi connectivity index (χ2n) is 4.07. The molecule has 0 bridgehead atoms. The van der Waals surface area contributed by atoms with E-state index in [1.54, 1.807) is 44.5 Å². The molecule has 0 spiro atoms. The number of sulfonamides is 1. The highest BCUT2D eigenvalue weighted by Gasteiger charge is 2.13. The molecule has 1 rings (SSSR count). The van der Waals surface area contributed by atoms with Crippen molar-refractivity contribution in [2.45, 2.75) is 6.42 Å². The summed E-state index contributed by atoms with van der Waals surface area (Å²) in [5.74, 6) is 0. The van der Waals surface area contributed by atoms with E-state index in [0.29, 0.717) is 24.6 Å². The molecule has 0 amide bonds. The van der Waals surface area contributed by atoms with Gasteiger partial charge in [0.05, 0.1) is 0 Å². The normalized spacial score (nSPS) is 12.4. The van der Waals surface area contributed by atoms with Crippen molar-refractivity contribution in [3.05, 3.63) is 40.3 Å². The van der Waals surface area contributed by atoms with Crippen molar-refractivity contribution < 1.29 is 13.2 Å². The lowest BCUT2D eigenvalue weighted by Gasteiger charge is -2.13. The third-order valence-corrected chi connectivity index (χ3v) is 4.34. The van der Waals surface area contributed by atoms with Gasteiger partial charge in [0.25, 0.3) is 0 Å². The minimum Gasteiger partial charge on any atom is -0.385 e. The molecule has 0 radical (unpaired) electrons. The van der Waals surface area contributed by atoms with Gasteiger partial charge >= 0.3 is 0 Å². The van der Waals surface area contributed by atoms with E-state index in [0.717, 1.165) is 5.56 Å². The quantitative estimate of drug-likeness (QED) is 0.727. The molecule has 6 heteroatoms. The maximum atomic E-state index is 11.9. The summed E-state index contributed by atoms with van der Waals surface area (Å²) in [7, 11) is -0.240. The van der Waals surface area contributed by atoms with Crippen LogP contribution < -0.4 is 0 Å². The molecule has 0 saturated heterocycles. The molecule has 0 aliphatic heterocycles. The maximum Gasteiger partial charge on any atom is 0.235 e. The van der Waals surface area contributed by atoms with E-state index in [1.807, 2.05) is 0 Å². The second-order valence-corrected chi connectivity index (χ2v) is 6.43. The molecule has 1 aromatic rings. The van der Waals surface area contributed by atoms with Crippen LogP contribution in [0.5, 0.6) is 0 Å². The van der Waals surface area contributed by atoms with Crippen molar-refractivity contribution in [3.8, 4) is 0 Å². The van der Waals surface area contributed by atoms with Crippen molar-refractivity contribution >= 4 is 27.7 Å². The molecule has 0 aliphatic rings. The highest BCUT2D eigenvalue weighted by Crippen LogP contribution is 2.12. The Kier molecular flexibility index (Phi) is 6.51. The Morgan fingerprint density at radius 3 is 2.53 bits per heavy atom. The summed E-state index contributed by atoms with van der Waals surface area (Å²) in [6.45, 7) is 0.974. The molecule has 0 aromatic heterocycles. The molecule has 0 unspecified atom stereocenters. The minimum absolute atomic E-state index is 0.432. The molecule has 19 heavy (non-hydrogen) atoms. The second kappa shape index (κ2) is 7.65. The summed E-state index contributed by atoms with van der Waals surface area (Å²) >= 11 is 5.76. The first kappa shape index (κ1) is 16.2. The van der Waals surface area contributed by atoms with Gasteiger partial charge in [-0.15, -0.1) is 0 Å². The number of benzene rings is 1. The van der Waals surface area contributed by atoms with E-state index in [1.165, 1.54) is 9.71 Å². The van der Waals surface area contributed by atoms with E-state index in [4.69, 9.17) is 16.3 Å². The summed E-state index contributed by atoms with van der Waals surface area (Å²) < 4.78 is 30.1. The molecule has 0 aliphatic carbocycles. The van der Waals surface area contributed by atoms with Crippen LogP contribution in [0.25, 0.3) is 6.08 Å². The Morgan fingerprint density at radius 1 is 1.32 bits per heavy atom. The van der Waals surface area contributed by atoms with Gasteiger partial charge in [-0.1, -0.05) is 23.7 Å². The van der Waals surface area contributed by atoms with Gasteiger partial charge in [-0.05, 0) is 30.2 Å². The predicted octanol–water partition coefficient (Wildman–Crippen LogP) is 2.61. The van der Waals surface area contributed by atoms with Gasteiger partial charge in [0.15, 0.2) is 0 Å². The van der Waals surface area contributed by atoms with Crippen LogP contribution in [0.4, 0.5) is 0 Å². The molecule has 1 aromatic carbocycles. The highest BCUT2D eigenvalue weighted by molar-refractivity contribution is 7.92. The Hall–Kier alpha value is -0.880. The van der Waals surface area contributed by atoms with E-state index >= 15 is 0 Å². The van der Waals surface area contributed by atoms with Gasteiger partial charge in [0.2, 0.25) is 10.0 Å². The van der Waals surface area contributed by atoms with Gasteiger partial charge in [0, 0.05) is 37.7 Å². The van der Waals surface area contributed by atoms with E-state index in [-0.39, 0.29) is 0 Å². The lowest BCUT2D eigenvalue weighted by atomic mass is 10.2. The number of ether oxygens (including phenoxy) is 1. The zero-order valence-corrected chi connectivity index (χ0v) is 12.6. The largest absolute Gasteiger partial charge is 0.385 e. The van der Waals surface area contributed by atoms with Gasteiger partial charge in [-0.3, -0.25) is 0 Å². The number of rotatable bonds is 7. The molecule has 0 saturated carbocycles. The summed E-state index contributed by atoms with van der Waals surface area (Å²) in [6.07, 6.45) is 2.22. The zero-order valence-electron chi connectivity index (χ0n) is 11.0. The predicted molar refractivity (Wildman–Crippen MR) is 78.5 cm³/mol. The third-order valence-electron chi connectivity index (χ3n) is 2.56. The molecule has 0 heterocycles. The van der Waals surface area contributed by atoms with Gasteiger partial charge in [-0.2, -0.15) is 0 Å². The highest BCUT2D eigenvalue weighted by atomic mass is 35.5. The Bertz CT molecular complexity index is 511. The number of methoxy groups -OCH3 is 1. The first-order valence-corrected chi connectivity index (χ1v) is 7.73. The minimum atomic E-state index is -3.38. The van der Waals surface area contributed by atoms with Crippen LogP contribution in [0.2, 0.25) is 5.02 Å². The van der Waals surface area contributed by atoms with Crippen LogP contribution in [0.3, 0.4) is 0 Å². The Balaban J connectivity index is 2.65. The molecule has 0 atom stereocenters. The van der Waals surface area contributed by atoms with Crippen molar-refractivity contribution in [1.82, 2.24) is 4.31 Å². The van der Waals surface area contributed by atoms with Crippen LogP contribution in [0, 0.1) is 0 Å². The average Bonchev–Trinajstić information content (AvgIpc) is 2.38. The third kappa shape index (κ3) is 5.74. The topological polar surface area (TPSA) is 46.6 Å². The number of hydrogen-bond donors (Lipinski definition) is 0. The SMILES string of the molecule is COCCCN(C)S(=O)(=O)/C=C/c1ccc(Cl)cc1. The van der Waals surface area contributed by atoms with Crippen LogP contribution in [0.15, 0.2) is 29.7 Å². The number of halogens is 1. The van der Waals surface area contributed by atoms with E-state index < -0.39 is 10.0 Å². The van der Waals surface area contributed by atoms with Crippen molar-refractivity contribution in [3.63, 3.8) is 0 Å². The summed E-state index contributed by atoms with van der Waals surface area (Å²) in [5, 5.41) is 1.82. The molecule has 0 N–H and O–H groups in total. The van der Waals surface area contributed by atoms with E-state index in [2.05, 4.69) is 0 Å². The summed E-state index contributed by atoms with van der Waals surface area (Å²) in [6, 6.07) is 6.96. The van der Waals surface area contributed by atoms with E-state index in [9.17, 15) is 8.42 Å². The monoisotopic (exact) mass is 303 g/mol. The number of nitrogens with zero attached hydrogens (tertiary/aromatic N) is 1. The smallest absolute Gasteiger partial charge is 0.235 e. The molecule has 106 valence electrons. The average molecular weight is 304 g/mol. The first-order valence-electron chi connectivity index (χ1n) is 5.84.